The fourth-order valence-electron chi connectivity index (χ4n) is 2.31. The molecule has 0 aliphatic heterocycles. The summed E-state index contributed by atoms with van der Waals surface area (Å²) in [6.45, 7) is 0. The van der Waals surface area contributed by atoms with Crippen molar-refractivity contribution in [3.8, 4) is 0 Å². The third-order valence-electron chi connectivity index (χ3n) is 3.77. The standard InChI is InChI=1S/C22H18N4O2.2H2O/c27-21(25-23-15-17-7-3-1-4-8-17)19-11-13-20(14-12-19)22(28)26-24-16-18-9-5-2-6-10-18;;/h1-16H,(H,25,27)(H,26,28);2*1H2/b23-15+,24-16+;;. The number of nitrogens with zero attached hydrogens (tertiary/aromatic N) is 2. The number of rotatable bonds is 6. The van der Waals surface area contributed by atoms with E-state index in [1.165, 1.54) is 0 Å². The first-order valence-corrected chi connectivity index (χ1v) is 8.59. The summed E-state index contributed by atoms with van der Waals surface area (Å²) in [5, 5.41) is 7.84. The van der Waals surface area contributed by atoms with Crippen molar-refractivity contribution in [1.29, 1.82) is 0 Å². The van der Waals surface area contributed by atoms with Gasteiger partial charge in [-0.25, -0.2) is 10.9 Å². The predicted molar refractivity (Wildman–Crippen MR) is 117 cm³/mol. The van der Waals surface area contributed by atoms with Gasteiger partial charge in [-0.3, -0.25) is 9.59 Å². The van der Waals surface area contributed by atoms with Crippen molar-refractivity contribution < 1.29 is 20.5 Å². The first-order chi connectivity index (χ1) is 13.7. The third-order valence-corrected chi connectivity index (χ3v) is 3.77. The normalized spacial score (nSPS) is 10.1. The van der Waals surface area contributed by atoms with E-state index in [4.69, 9.17) is 0 Å². The zero-order valence-corrected chi connectivity index (χ0v) is 15.9. The van der Waals surface area contributed by atoms with E-state index in [2.05, 4.69) is 21.1 Å². The van der Waals surface area contributed by atoms with Gasteiger partial charge < -0.3 is 11.0 Å². The molecule has 0 fully saturated rings. The molecule has 0 saturated heterocycles. The fraction of sp³-hybridized carbons (Fsp3) is 0. The molecule has 0 aliphatic carbocycles. The average Bonchev–Trinajstić information content (AvgIpc) is 2.75. The summed E-state index contributed by atoms with van der Waals surface area (Å²) in [4.78, 5) is 24.2. The molecule has 8 nitrogen and oxygen atoms in total. The molecule has 30 heavy (non-hydrogen) atoms. The predicted octanol–water partition coefficient (Wildman–Crippen LogP) is 1.56. The molecule has 2 amide bonds. The third kappa shape index (κ3) is 7.12. The molecule has 0 heterocycles. The van der Waals surface area contributed by atoms with Crippen LogP contribution in [0.2, 0.25) is 0 Å². The Balaban J connectivity index is 0.00000225. The topological polar surface area (TPSA) is 146 Å². The van der Waals surface area contributed by atoms with Crippen molar-refractivity contribution in [3.63, 3.8) is 0 Å². The second-order valence-corrected chi connectivity index (χ2v) is 5.80. The van der Waals surface area contributed by atoms with Crippen LogP contribution in [0.1, 0.15) is 31.8 Å². The molecule has 0 radical (unpaired) electrons. The van der Waals surface area contributed by atoms with Crippen LogP contribution >= 0.6 is 0 Å². The Bertz CT molecular complexity index is 906. The highest BCUT2D eigenvalue weighted by Crippen LogP contribution is 2.05. The highest BCUT2D eigenvalue weighted by Gasteiger charge is 2.07. The van der Waals surface area contributed by atoms with Crippen LogP contribution in [-0.2, 0) is 0 Å². The summed E-state index contributed by atoms with van der Waals surface area (Å²) in [5.41, 5.74) is 7.47. The molecule has 0 atom stereocenters. The summed E-state index contributed by atoms with van der Waals surface area (Å²) >= 11 is 0. The number of hydrogen-bond acceptors (Lipinski definition) is 4. The maximum absolute atomic E-state index is 12.1. The van der Waals surface area contributed by atoms with Crippen LogP contribution in [0.3, 0.4) is 0 Å². The molecule has 0 aromatic heterocycles. The summed E-state index contributed by atoms with van der Waals surface area (Å²) < 4.78 is 0. The second kappa shape index (κ2) is 12.3. The van der Waals surface area contributed by atoms with Crippen molar-refractivity contribution in [2.75, 3.05) is 0 Å². The number of carbonyl (C=O) groups excluding carboxylic acids is 2. The maximum atomic E-state index is 12.1. The number of hydrogen-bond donors (Lipinski definition) is 2. The van der Waals surface area contributed by atoms with E-state index in [-0.39, 0.29) is 22.8 Å². The van der Waals surface area contributed by atoms with Gasteiger partial charge in [0.1, 0.15) is 0 Å². The van der Waals surface area contributed by atoms with Gasteiger partial charge in [0.25, 0.3) is 11.8 Å². The molecule has 0 unspecified atom stereocenters. The summed E-state index contributed by atoms with van der Waals surface area (Å²) in [5.74, 6) is -0.720. The molecule has 6 N–H and O–H groups in total. The van der Waals surface area contributed by atoms with Crippen molar-refractivity contribution in [2.45, 2.75) is 0 Å². The van der Waals surface area contributed by atoms with E-state index < -0.39 is 0 Å². The fourth-order valence-corrected chi connectivity index (χ4v) is 2.31. The SMILES string of the molecule is O.O.O=C(N/N=C/c1ccccc1)c1ccc(C(=O)N/N=C/c2ccccc2)cc1. The first kappa shape index (κ1) is 23.9. The van der Waals surface area contributed by atoms with Gasteiger partial charge in [0.05, 0.1) is 12.4 Å². The van der Waals surface area contributed by atoms with E-state index in [0.717, 1.165) is 11.1 Å². The lowest BCUT2D eigenvalue weighted by Gasteiger charge is -2.03. The molecule has 0 aliphatic rings. The number of carbonyl (C=O) groups is 2. The lowest BCUT2D eigenvalue weighted by Crippen LogP contribution is -2.19. The smallest absolute Gasteiger partial charge is 0.271 e. The summed E-state index contributed by atoms with van der Waals surface area (Å²) in [7, 11) is 0. The molecule has 3 aromatic carbocycles. The van der Waals surface area contributed by atoms with Crippen LogP contribution < -0.4 is 10.9 Å². The lowest BCUT2D eigenvalue weighted by atomic mass is 10.1. The van der Waals surface area contributed by atoms with Crippen LogP contribution in [0.5, 0.6) is 0 Å². The number of hydrazone groups is 2. The Hall–Kier alpha value is -4.14. The van der Waals surface area contributed by atoms with Gasteiger partial charge in [-0.1, -0.05) is 60.7 Å². The molecular formula is C22H22N4O4. The van der Waals surface area contributed by atoms with Crippen LogP contribution in [0.4, 0.5) is 0 Å². The van der Waals surface area contributed by atoms with Crippen LogP contribution in [0, 0.1) is 0 Å². The van der Waals surface area contributed by atoms with Gasteiger partial charge in [0.15, 0.2) is 0 Å². The summed E-state index contributed by atoms with van der Waals surface area (Å²) in [6, 6.07) is 25.1. The molecule has 0 saturated carbocycles. The average molecular weight is 406 g/mol. The molecule has 3 rings (SSSR count). The van der Waals surface area contributed by atoms with Crippen LogP contribution in [0.25, 0.3) is 0 Å². The van der Waals surface area contributed by atoms with Crippen LogP contribution in [0.15, 0.2) is 95.1 Å². The summed E-state index contributed by atoms with van der Waals surface area (Å²) in [6.07, 6.45) is 3.12. The second-order valence-electron chi connectivity index (χ2n) is 5.80. The van der Waals surface area contributed by atoms with E-state index in [1.54, 1.807) is 36.7 Å². The van der Waals surface area contributed by atoms with E-state index in [0.29, 0.717) is 11.1 Å². The van der Waals surface area contributed by atoms with E-state index in [9.17, 15) is 9.59 Å². The minimum Gasteiger partial charge on any atom is -0.412 e. The van der Waals surface area contributed by atoms with Gasteiger partial charge in [-0.15, -0.1) is 0 Å². The molecule has 0 bridgehead atoms. The van der Waals surface area contributed by atoms with Gasteiger partial charge >= 0.3 is 0 Å². The van der Waals surface area contributed by atoms with E-state index >= 15 is 0 Å². The van der Waals surface area contributed by atoms with Crippen molar-refractivity contribution in [1.82, 2.24) is 10.9 Å². The van der Waals surface area contributed by atoms with E-state index in [1.807, 2.05) is 60.7 Å². The highest BCUT2D eigenvalue weighted by atomic mass is 16.2. The highest BCUT2D eigenvalue weighted by molar-refractivity contribution is 5.98. The number of nitrogens with one attached hydrogen (secondary N) is 2. The monoisotopic (exact) mass is 406 g/mol. The molecule has 0 spiro atoms. The Kier molecular flexibility index (Phi) is 9.83. The molecular weight excluding hydrogens is 384 g/mol. The Morgan fingerprint density at radius 3 is 1.23 bits per heavy atom. The zero-order valence-electron chi connectivity index (χ0n) is 15.9. The Morgan fingerprint density at radius 1 is 0.567 bits per heavy atom. The minimum absolute atomic E-state index is 0. The molecule has 3 aromatic rings. The Morgan fingerprint density at radius 2 is 0.900 bits per heavy atom. The molecule has 8 heteroatoms. The zero-order chi connectivity index (χ0) is 19.6. The molecule has 154 valence electrons. The minimum atomic E-state index is -0.360. The van der Waals surface area contributed by atoms with Gasteiger partial charge in [0.2, 0.25) is 0 Å². The van der Waals surface area contributed by atoms with Gasteiger partial charge in [-0.05, 0) is 35.4 Å². The quantitative estimate of drug-likeness (QED) is 0.473. The van der Waals surface area contributed by atoms with Crippen molar-refractivity contribution in [3.05, 3.63) is 107 Å². The Labute approximate surface area is 173 Å². The lowest BCUT2D eigenvalue weighted by molar-refractivity contribution is 0.0943. The van der Waals surface area contributed by atoms with Crippen molar-refractivity contribution in [2.24, 2.45) is 10.2 Å². The number of amides is 2. The maximum Gasteiger partial charge on any atom is 0.271 e. The van der Waals surface area contributed by atoms with Crippen molar-refractivity contribution >= 4 is 24.2 Å². The largest absolute Gasteiger partial charge is 0.412 e. The van der Waals surface area contributed by atoms with Gasteiger partial charge in [0, 0.05) is 11.1 Å². The van der Waals surface area contributed by atoms with Gasteiger partial charge in [-0.2, -0.15) is 10.2 Å². The number of benzene rings is 3. The van der Waals surface area contributed by atoms with Crippen LogP contribution in [-0.4, -0.2) is 35.2 Å². The first-order valence-electron chi connectivity index (χ1n) is 8.59.